The van der Waals surface area contributed by atoms with Gasteiger partial charge in [-0.2, -0.15) is 0 Å². The van der Waals surface area contributed by atoms with Crippen molar-refractivity contribution in [3.05, 3.63) is 26.9 Å². The van der Waals surface area contributed by atoms with Gasteiger partial charge in [-0.1, -0.05) is 0 Å². The van der Waals surface area contributed by atoms with E-state index in [1.165, 1.54) is 17.9 Å². The Hall–Kier alpha value is -1.10. The molecule has 0 saturated carbocycles. The summed E-state index contributed by atoms with van der Waals surface area (Å²) in [5.41, 5.74) is -0.0846. The highest BCUT2D eigenvalue weighted by Crippen LogP contribution is 2.29. The monoisotopic (exact) mass is 304 g/mol. The van der Waals surface area contributed by atoms with Gasteiger partial charge in [0.2, 0.25) is 0 Å². The predicted molar refractivity (Wildman–Crippen MR) is 69.6 cm³/mol. The van der Waals surface area contributed by atoms with Crippen LogP contribution in [-0.2, 0) is 16.1 Å². The van der Waals surface area contributed by atoms with E-state index in [0.717, 1.165) is 0 Å². The number of rotatable bonds is 4. The number of nitrogens with zero attached hydrogens (tertiary/aromatic N) is 1. The summed E-state index contributed by atoms with van der Waals surface area (Å²) >= 11 is 5.02. The van der Waals surface area contributed by atoms with Gasteiger partial charge in [0, 0.05) is 13.3 Å². The molecule has 0 aromatic carbocycles. The Labute approximate surface area is 119 Å². The first kappa shape index (κ1) is 15.3. The highest BCUT2D eigenvalue weighted by molar-refractivity contribution is 7.71. The fraction of sp³-hybridized carbons (Fsp3) is 0.636. The van der Waals surface area contributed by atoms with Crippen molar-refractivity contribution in [1.29, 1.82) is 0 Å². The van der Waals surface area contributed by atoms with Crippen molar-refractivity contribution in [3.63, 3.8) is 0 Å². The third kappa shape index (κ3) is 2.68. The van der Waals surface area contributed by atoms with Gasteiger partial charge in [-0.05, 0) is 12.2 Å². The largest absolute Gasteiger partial charge is 0.394 e. The Bertz CT molecular complexity index is 585. The van der Waals surface area contributed by atoms with Gasteiger partial charge >= 0.3 is 0 Å². The van der Waals surface area contributed by atoms with Crippen molar-refractivity contribution >= 4 is 12.2 Å². The molecule has 2 unspecified atom stereocenters. The minimum Gasteiger partial charge on any atom is -0.394 e. The Morgan fingerprint density at radius 2 is 2.20 bits per heavy atom. The number of aliphatic hydroxyl groups excluding tert-OH is 3. The Morgan fingerprint density at radius 1 is 1.50 bits per heavy atom. The van der Waals surface area contributed by atoms with E-state index >= 15 is 0 Å². The zero-order valence-electron chi connectivity index (χ0n) is 10.7. The molecular weight excluding hydrogens is 288 g/mol. The molecule has 2 heterocycles. The van der Waals surface area contributed by atoms with E-state index in [1.807, 2.05) is 0 Å². The van der Waals surface area contributed by atoms with Gasteiger partial charge in [0.1, 0.15) is 18.3 Å². The average molecular weight is 304 g/mol. The molecule has 1 saturated heterocycles. The number of ether oxygens (including phenoxy) is 2. The second-order valence-corrected chi connectivity index (χ2v) is 4.87. The number of aliphatic hydroxyl groups is 3. The summed E-state index contributed by atoms with van der Waals surface area (Å²) in [6, 6.07) is 0. The number of nitrogens with one attached hydrogen (secondary N) is 1. The molecule has 1 aliphatic heterocycles. The lowest BCUT2D eigenvalue weighted by Crippen LogP contribution is -2.33. The lowest BCUT2D eigenvalue weighted by molar-refractivity contribution is -0.0543. The predicted octanol–water partition coefficient (Wildman–Crippen LogP) is -1.34. The van der Waals surface area contributed by atoms with E-state index in [4.69, 9.17) is 26.8 Å². The van der Waals surface area contributed by atoms with Crippen LogP contribution in [0.5, 0.6) is 0 Å². The lowest BCUT2D eigenvalue weighted by Gasteiger charge is -2.19. The smallest absolute Gasteiger partial charge is 0.257 e. The van der Waals surface area contributed by atoms with E-state index < -0.39 is 31.1 Å². The molecule has 112 valence electrons. The van der Waals surface area contributed by atoms with Crippen molar-refractivity contribution < 1.29 is 24.8 Å². The maximum Gasteiger partial charge on any atom is 0.257 e. The van der Waals surface area contributed by atoms with Crippen LogP contribution in [0.3, 0.4) is 0 Å². The van der Waals surface area contributed by atoms with Gasteiger partial charge in [-0.25, -0.2) is 0 Å². The van der Waals surface area contributed by atoms with Crippen LogP contribution in [0.15, 0.2) is 11.0 Å². The van der Waals surface area contributed by atoms with E-state index in [1.54, 1.807) is 0 Å². The maximum absolute atomic E-state index is 11.7. The summed E-state index contributed by atoms with van der Waals surface area (Å²) in [7, 11) is 1.44. The van der Waals surface area contributed by atoms with Gasteiger partial charge in [0.05, 0.1) is 18.8 Å². The molecular formula is C11H16N2O6S. The van der Waals surface area contributed by atoms with Crippen LogP contribution in [0.2, 0.25) is 0 Å². The van der Waals surface area contributed by atoms with Crippen LogP contribution in [0.25, 0.3) is 0 Å². The summed E-state index contributed by atoms with van der Waals surface area (Å²) in [5, 5.41) is 28.7. The first-order valence-electron chi connectivity index (χ1n) is 5.95. The minimum atomic E-state index is -1.26. The van der Waals surface area contributed by atoms with Crippen LogP contribution >= 0.6 is 12.2 Å². The minimum absolute atomic E-state index is 0.0460. The van der Waals surface area contributed by atoms with E-state index in [0.29, 0.717) is 5.56 Å². The molecule has 1 aromatic heterocycles. The topological polar surface area (TPSA) is 117 Å². The quantitative estimate of drug-likeness (QED) is 0.509. The molecule has 8 nitrogen and oxygen atoms in total. The van der Waals surface area contributed by atoms with Gasteiger partial charge in [-0.15, -0.1) is 0 Å². The zero-order chi connectivity index (χ0) is 14.9. The first-order chi connectivity index (χ1) is 9.49. The molecule has 0 bridgehead atoms. The Balaban J connectivity index is 2.40. The summed E-state index contributed by atoms with van der Waals surface area (Å²) in [5.74, 6) is 0. The molecule has 1 aromatic rings. The third-order valence-electron chi connectivity index (χ3n) is 3.13. The number of aromatic nitrogens is 2. The molecule has 9 heteroatoms. The average Bonchev–Trinajstić information content (AvgIpc) is 2.70. The fourth-order valence-corrected chi connectivity index (χ4v) is 2.33. The molecule has 20 heavy (non-hydrogen) atoms. The SMILES string of the molecule is COCc1cn([C@H]2O[C@@H](CO)C(O)C2O)c(=S)[nH]c1=O. The summed E-state index contributed by atoms with van der Waals surface area (Å²) in [6.07, 6.45) is -2.98. The molecule has 4 N–H and O–H groups in total. The van der Waals surface area contributed by atoms with Gasteiger partial charge < -0.3 is 24.8 Å². The number of methoxy groups -OCH3 is 1. The van der Waals surface area contributed by atoms with Gasteiger partial charge in [0.15, 0.2) is 11.0 Å². The standard InChI is InChI=1S/C11H16N2O6S/c1-18-4-5-2-13(11(20)12-9(5)17)10-8(16)7(15)6(3-14)19-10/h2,6-8,10,14-16H,3-4H2,1H3,(H,12,17,20)/t6-,7?,8?,10-/m0/s1. The van der Waals surface area contributed by atoms with E-state index in [2.05, 4.69) is 4.98 Å². The maximum atomic E-state index is 11.7. The van der Waals surface area contributed by atoms with Crippen LogP contribution in [0.4, 0.5) is 0 Å². The molecule has 0 spiro atoms. The molecule has 0 amide bonds. The fourth-order valence-electron chi connectivity index (χ4n) is 2.08. The van der Waals surface area contributed by atoms with Gasteiger partial charge in [0.25, 0.3) is 5.56 Å². The van der Waals surface area contributed by atoms with E-state index in [9.17, 15) is 15.0 Å². The van der Waals surface area contributed by atoms with Crippen molar-refractivity contribution in [2.75, 3.05) is 13.7 Å². The molecule has 4 atom stereocenters. The van der Waals surface area contributed by atoms with Crippen LogP contribution in [0, 0.1) is 4.77 Å². The summed E-state index contributed by atoms with van der Waals surface area (Å²) in [4.78, 5) is 14.1. The first-order valence-corrected chi connectivity index (χ1v) is 6.36. The molecule has 0 radical (unpaired) electrons. The van der Waals surface area contributed by atoms with Gasteiger partial charge in [-0.3, -0.25) is 14.3 Å². The zero-order valence-corrected chi connectivity index (χ0v) is 11.5. The van der Waals surface area contributed by atoms with E-state index in [-0.39, 0.29) is 16.9 Å². The van der Waals surface area contributed by atoms with Crippen LogP contribution in [-0.4, -0.2) is 56.9 Å². The number of hydrogen-bond donors (Lipinski definition) is 4. The number of H-pyrrole nitrogens is 1. The Kier molecular flexibility index (Phi) is 4.68. The van der Waals surface area contributed by atoms with Crippen molar-refractivity contribution in [3.8, 4) is 0 Å². The highest BCUT2D eigenvalue weighted by atomic mass is 32.1. The van der Waals surface area contributed by atoms with Crippen molar-refractivity contribution in [2.45, 2.75) is 31.1 Å². The Morgan fingerprint density at radius 3 is 2.75 bits per heavy atom. The molecule has 1 aliphatic rings. The molecule has 2 rings (SSSR count). The lowest BCUT2D eigenvalue weighted by atomic mass is 10.1. The van der Waals surface area contributed by atoms with Crippen molar-refractivity contribution in [1.82, 2.24) is 9.55 Å². The molecule has 1 fully saturated rings. The molecule has 0 aliphatic carbocycles. The second kappa shape index (κ2) is 6.12. The summed E-state index contributed by atoms with van der Waals surface area (Å²) in [6.45, 7) is -0.365. The third-order valence-corrected chi connectivity index (χ3v) is 3.45. The normalized spacial score (nSPS) is 29.8. The number of hydrogen-bond acceptors (Lipinski definition) is 7. The highest BCUT2D eigenvalue weighted by Gasteiger charge is 2.43. The van der Waals surface area contributed by atoms with Crippen LogP contribution < -0.4 is 5.56 Å². The number of aromatic amines is 1. The second-order valence-electron chi connectivity index (χ2n) is 4.48. The summed E-state index contributed by atoms with van der Waals surface area (Å²) < 4.78 is 11.6. The van der Waals surface area contributed by atoms with Crippen molar-refractivity contribution in [2.24, 2.45) is 0 Å². The van der Waals surface area contributed by atoms with Crippen LogP contribution in [0.1, 0.15) is 11.8 Å².